The molecule has 1 saturated carbocycles. The molecular formula is C15H20ClN. The third-order valence-corrected chi connectivity index (χ3v) is 2.81. The Morgan fingerprint density at radius 1 is 1.41 bits per heavy atom. The van der Waals surface area contributed by atoms with Crippen molar-refractivity contribution in [3.63, 3.8) is 0 Å². The summed E-state index contributed by atoms with van der Waals surface area (Å²) in [5.41, 5.74) is 2.31. The number of halogens is 1. The Hall–Kier alpha value is -1.21. The van der Waals surface area contributed by atoms with E-state index in [0.717, 1.165) is 22.1 Å². The molecule has 0 unspecified atom stereocenters. The predicted octanol–water partition coefficient (Wildman–Crippen LogP) is 4.77. The van der Waals surface area contributed by atoms with Gasteiger partial charge in [0.15, 0.2) is 0 Å². The Bertz CT molecular complexity index is 392. The molecule has 1 nitrogen and oxygen atoms in total. The van der Waals surface area contributed by atoms with Gasteiger partial charge < -0.3 is 5.32 Å². The van der Waals surface area contributed by atoms with Crippen molar-refractivity contribution in [1.82, 2.24) is 5.32 Å². The van der Waals surface area contributed by atoms with E-state index < -0.39 is 0 Å². The highest BCUT2D eigenvalue weighted by Crippen LogP contribution is 2.26. The molecule has 2 rings (SSSR count). The third-order valence-electron chi connectivity index (χ3n) is 2.57. The zero-order valence-corrected chi connectivity index (χ0v) is 11.3. The first-order valence-electron chi connectivity index (χ1n) is 5.93. The van der Waals surface area contributed by atoms with Crippen LogP contribution in [0.5, 0.6) is 0 Å². The summed E-state index contributed by atoms with van der Waals surface area (Å²) >= 11 is 5.82. The van der Waals surface area contributed by atoms with Crippen molar-refractivity contribution in [2.45, 2.75) is 26.7 Å². The monoisotopic (exact) mass is 249 g/mol. The Labute approximate surface area is 109 Å². The third kappa shape index (κ3) is 6.18. The lowest BCUT2D eigenvalue weighted by molar-refractivity contribution is 0.983. The van der Waals surface area contributed by atoms with Crippen LogP contribution in [0.25, 0.3) is 6.08 Å². The smallest absolute Gasteiger partial charge is 0.0409 e. The molecule has 0 bridgehead atoms. The van der Waals surface area contributed by atoms with E-state index in [-0.39, 0.29) is 0 Å². The molecule has 1 aliphatic rings. The van der Waals surface area contributed by atoms with E-state index in [0.29, 0.717) is 0 Å². The Morgan fingerprint density at radius 3 is 2.53 bits per heavy atom. The van der Waals surface area contributed by atoms with Crippen molar-refractivity contribution in [3.05, 3.63) is 53.3 Å². The van der Waals surface area contributed by atoms with Crippen LogP contribution < -0.4 is 5.32 Å². The first-order chi connectivity index (χ1) is 8.13. The van der Waals surface area contributed by atoms with Crippen LogP contribution in [0.1, 0.15) is 30.9 Å². The maximum atomic E-state index is 5.82. The van der Waals surface area contributed by atoms with Crippen LogP contribution in [0.2, 0.25) is 5.02 Å². The molecule has 0 heterocycles. The highest BCUT2D eigenvalue weighted by Gasteiger charge is 2.12. The van der Waals surface area contributed by atoms with Gasteiger partial charge in [-0.2, -0.15) is 0 Å². The first kappa shape index (κ1) is 13.9. The molecule has 0 aromatic heterocycles. The largest absolute Gasteiger partial charge is 0.368 e. The number of hydrogen-bond acceptors (Lipinski definition) is 1. The summed E-state index contributed by atoms with van der Waals surface area (Å²) in [4.78, 5) is 0. The molecule has 17 heavy (non-hydrogen) atoms. The molecule has 1 aliphatic carbocycles. The molecule has 1 fully saturated rings. The zero-order chi connectivity index (χ0) is 12.7. The van der Waals surface area contributed by atoms with Crippen molar-refractivity contribution in [2.24, 2.45) is 5.92 Å². The maximum Gasteiger partial charge on any atom is 0.0409 e. The fourth-order valence-electron chi connectivity index (χ4n) is 1.20. The summed E-state index contributed by atoms with van der Waals surface area (Å²) in [6.45, 7) is 7.85. The predicted molar refractivity (Wildman–Crippen MR) is 77.0 cm³/mol. The quantitative estimate of drug-likeness (QED) is 0.814. The molecule has 0 amide bonds. The van der Waals surface area contributed by atoms with Gasteiger partial charge in [-0.3, -0.25) is 0 Å². The van der Waals surface area contributed by atoms with E-state index in [2.05, 4.69) is 18.8 Å². The molecule has 0 radical (unpaired) electrons. The van der Waals surface area contributed by atoms with E-state index in [1.807, 2.05) is 37.4 Å². The fraction of sp³-hybridized carbons (Fsp3) is 0.333. The van der Waals surface area contributed by atoms with Gasteiger partial charge in [-0.15, -0.1) is 0 Å². The highest BCUT2D eigenvalue weighted by molar-refractivity contribution is 6.30. The minimum Gasteiger partial charge on any atom is -0.368 e. The van der Waals surface area contributed by atoms with Gasteiger partial charge in [0.1, 0.15) is 0 Å². The summed E-state index contributed by atoms with van der Waals surface area (Å²) in [6, 6.07) is 5.80. The molecule has 1 N–H and O–H groups in total. The standard InChI is InChI=1S/C11H12ClN.C4H8/c1-3-13-7-6-10-4-5-11(12)8-9(10)2;1-4-2-3-4/h3-8,13H,1H2,2H3;4H,2-3H2,1H3/b7-6-;. The van der Waals surface area contributed by atoms with Crippen LogP contribution in [0.4, 0.5) is 0 Å². The Kier molecular flexibility index (Phi) is 5.85. The molecule has 0 aliphatic heterocycles. The van der Waals surface area contributed by atoms with E-state index in [4.69, 9.17) is 11.6 Å². The van der Waals surface area contributed by atoms with Gasteiger partial charge in [-0.25, -0.2) is 0 Å². The minimum absolute atomic E-state index is 0.770. The highest BCUT2D eigenvalue weighted by atomic mass is 35.5. The summed E-state index contributed by atoms with van der Waals surface area (Å²) < 4.78 is 0. The molecule has 0 saturated heterocycles. The normalized spacial score (nSPS) is 14.1. The van der Waals surface area contributed by atoms with Crippen molar-refractivity contribution in [2.75, 3.05) is 0 Å². The first-order valence-corrected chi connectivity index (χ1v) is 6.31. The number of rotatable bonds is 3. The van der Waals surface area contributed by atoms with E-state index in [1.54, 1.807) is 6.20 Å². The summed E-state index contributed by atoms with van der Waals surface area (Å²) in [6.07, 6.45) is 8.42. The lowest BCUT2D eigenvalue weighted by Crippen LogP contribution is -1.89. The average Bonchev–Trinajstić information content (AvgIpc) is 3.05. The van der Waals surface area contributed by atoms with Gasteiger partial charge in [0.2, 0.25) is 0 Å². The fourth-order valence-corrected chi connectivity index (χ4v) is 1.43. The zero-order valence-electron chi connectivity index (χ0n) is 10.5. The van der Waals surface area contributed by atoms with E-state index in [9.17, 15) is 0 Å². The van der Waals surface area contributed by atoms with Crippen LogP contribution in [-0.2, 0) is 0 Å². The van der Waals surface area contributed by atoms with Gasteiger partial charge in [-0.1, -0.05) is 44.0 Å². The molecule has 1 aromatic rings. The van der Waals surface area contributed by atoms with Crippen molar-refractivity contribution >= 4 is 17.7 Å². The molecular weight excluding hydrogens is 230 g/mol. The van der Waals surface area contributed by atoms with Crippen LogP contribution in [-0.4, -0.2) is 0 Å². The Balaban J connectivity index is 0.000000302. The molecule has 1 aromatic carbocycles. The SMILES string of the molecule is C=CN/C=C\c1ccc(Cl)cc1C.CC1CC1. The van der Waals surface area contributed by atoms with E-state index in [1.165, 1.54) is 12.8 Å². The van der Waals surface area contributed by atoms with Gasteiger partial charge >= 0.3 is 0 Å². The summed E-state index contributed by atoms with van der Waals surface area (Å²) in [5, 5.41) is 3.66. The second kappa shape index (κ2) is 7.18. The van der Waals surface area contributed by atoms with Gasteiger partial charge in [-0.05, 0) is 48.4 Å². The number of benzene rings is 1. The molecule has 0 atom stereocenters. The van der Waals surface area contributed by atoms with Crippen molar-refractivity contribution < 1.29 is 0 Å². The second-order valence-corrected chi connectivity index (χ2v) is 4.82. The summed E-state index contributed by atoms with van der Waals surface area (Å²) in [5.74, 6) is 1.08. The molecule has 92 valence electrons. The number of nitrogens with one attached hydrogen (secondary N) is 1. The number of aryl methyl sites for hydroxylation is 1. The van der Waals surface area contributed by atoms with Crippen LogP contribution in [0, 0.1) is 12.8 Å². The number of hydrogen-bond donors (Lipinski definition) is 1. The second-order valence-electron chi connectivity index (χ2n) is 4.39. The average molecular weight is 250 g/mol. The molecule has 0 spiro atoms. The lowest BCUT2D eigenvalue weighted by atomic mass is 10.1. The Morgan fingerprint density at radius 2 is 2.06 bits per heavy atom. The van der Waals surface area contributed by atoms with Gasteiger partial charge in [0.25, 0.3) is 0 Å². The maximum absolute atomic E-state index is 5.82. The van der Waals surface area contributed by atoms with Gasteiger partial charge in [0, 0.05) is 11.2 Å². The molecule has 2 heteroatoms. The van der Waals surface area contributed by atoms with Crippen LogP contribution >= 0.6 is 11.6 Å². The van der Waals surface area contributed by atoms with Crippen LogP contribution in [0.15, 0.2) is 37.2 Å². The van der Waals surface area contributed by atoms with Gasteiger partial charge in [0.05, 0.1) is 0 Å². The van der Waals surface area contributed by atoms with Crippen LogP contribution in [0.3, 0.4) is 0 Å². The minimum atomic E-state index is 0.770. The van der Waals surface area contributed by atoms with Crippen molar-refractivity contribution in [3.8, 4) is 0 Å². The summed E-state index contributed by atoms with van der Waals surface area (Å²) in [7, 11) is 0. The van der Waals surface area contributed by atoms with E-state index >= 15 is 0 Å². The van der Waals surface area contributed by atoms with Crippen molar-refractivity contribution in [1.29, 1.82) is 0 Å². The topological polar surface area (TPSA) is 12.0 Å². The lowest BCUT2D eigenvalue weighted by Gasteiger charge is -2.00.